The number of rotatable bonds is 2. The molecule has 0 spiro atoms. The monoisotopic (exact) mass is 152 g/mol. The Morgan fingerprint density at radius 1 is 1.82 bits per heavy atom. The van der Waals surface area contributed by atoms with E-state index in [-0.39, 0.29) is 0 Å². The highest BCUT2D eigenvalue weighted by atomic mass is 16.3. The molecule has 0 saturated heterocycles. The van der Waals surface area contributed by atoms with E-state index in [2.05, 4.69) is 25.7 Å². The molecule has 0 fully saturated rings. The summed E-state index contributed by atoms with van der Waals surface area (Å²) in [7, 11) is 0. The Labute approximate surface area is 68.4 Å². The van der Waals surface area contributed by atoms with E-state index in [4.69, 9.17) is 5.11 Å². The van der Waals surface area contributed by atoms with Crippen LogP contribution in [0.2, 0.25) is 0 Å². The molecule has 1 nitrogen and oxygen atoms in total. The number of aliphatic hydroxyl groups excluding tert-OH is 1. The van der Waals surface area contributed by atoms with Crippen LogP contribution in [0.3, 0.4) is 0 Å². The zero-order chi connectivity index (χ0) is 8.27. The number of aliphatic hydroxyl groups is 1. The van der Waals surface area contributed by atoms with Gasteiger partial charge in [-0.3, -0.25) is 0 Å². The normalized spacial score (nSPS) is 27.1. The summed E-state index contributed by atoms with van der Waals surface area (Å²) in [6.07, 6.45) is 6.50. The topological polar surface area (TPSA) is 20.2 Å². The highest BCUT2D eigenvalue weighted by Crippen LogP contribution is 2.25. The van der Waals surface area contributed by atoms with Crippen LogP contribution in [-0.2, 0) is 0 Å². The maximum atomic E-state index is 8.90. The quantitative estimate of drug-likeness (QED) is 0.642. The molecule has 62 valence electrons. The summed E-state index contributed by atoms with van der Waals surface area (Å²) in [5.74, 6) is 0.963. The van der Waals surface area contributed by atoms with Crippen molar-refractivity contribution in [3.05, 3.63) is 24.3 Å². The highest BCUT2D eigenvalue weighted by Gasteiger charge is 2.15. The van der Waals surface area contributed by atoms with E-state index in [9.17, 15) is 0 Å². The molecule has 1 aliphatic carbocycles. The van der Waals surface area contributed by atoms with Crippen LogP contribution in [0.1, 0.15) is 19.8 Å². The van der Waals surface area contributed by atoms with E-state index in [0.29, 0.717) is 18.4 Å². The van der Waals surface area contributed by atoms with Crippen LogP contribution in [0.5, 0.6) is 0 Å². The van der Waals surface area contributed by atoms with E-state index >= 15 is 0 Å². The van der Waals surface area contributed by atoms with Gasteiger partial charge in [-0.2, -0.15) is 0 Å². The maximum absolute atomic E-state index is 8.90. The fourth-order valence-electron chi connectivity index (χ4n) is 1.40. The smallest absolute Gasteiger partial charge is 0.0462 e. The second kappa shape index (κ2) is 3.72. The first-order valence-electron chi connectivity index (χ1n) is 4.21. The second-order valence-electron chi connectivity index (χ2n) is 3.38. The Balaban J connectivity index is 2.49. The Hall–Kier alpha value is -0.560. The number of hydrogen-bond donors (Lipinski definition) is 1. The van der Waals surface area contributed by atoms with Gasteiger partial charge in [0.25, 0.3) is 0 Å². The lowest BCUT2D eigenvalue weighted by molar-refractivity contribution is 0.201. The summed E-state index contributed by atoms with van der Waals surface area (Å²) >= 11 is 0. The Kier molecular flexibility index (Phi) is 2.89. The van der Waals surface area contributed by atoms with Gasteiger partial charge in [-0.1, -0.05) is 31.2 Å². The van der Waals surface area contributed by atoms with E-state index in [0.717, 1.165) is 12.8 Å². The van der Waals surface area contributed by atoms with Gasteiger partial charge in [0.2, 0.25) is 0 Å². The third kappa shape index (κ3) is 2.19. The van der Waals surface area contributed by atoms with Crippen molar-refractivity contribution in [3.63, 3.8) is 0 Å². The minimum Gasteiger partial charge on any atom is -0.396 e. The standard InChI is InChI=1S/C10H16O/c1-8-3-5-10(6-4-8)9(2)7-11/h3,5,9-11H,1,4,6-7H2,2H3/t9-,10-/m0/s1. The summed E-state index contributed by atoms with van der Waals surface area (Å²) in [5, 5.41) is 8.90. The largest absolute Gasteiger partial charge is 0.396 e. The van der Waals surface area contributed by atoms with E-state index < -0.39 is 0 Å². The summed E-state index contributed by atoms with van der Waals surface area (Å²) < 4.78 is 0. The molecule has 0 heterocycles. The highest BCUT2D eigenvalue weighted by molar-refractivity contribution is 5.19. The Bertz CT molecular complexity index is 170. The van der Waals surface area contributed by atoms with Crippen LogP contribution < -0.4 is 0 Å². The van der Waals surface area contributed by atoms with Gasteiger partial charge in [0, 0.05) is 6.61 Å². The van der Waals surface area contributed by atoms with Crippen molar-refractivity contribution in [2.75, 3.05) is 6.61 Å². The van der Waals surface area contributed by atoms with Crippen molar-refractivity contribution < 1.29 is 5.11 Å². The fraction of sp³-hybridized carbons (Fsp3) is 0.600. The molecule has 0 bridgehead atoms. The lowest BCUT2D eigenvalue weighted by Crippen LogP contribution is -2.15. The third-order valence-electron chi connectivity index (χ3n) is 2.40. The summed E-state index contributed by atoms with van der Waals surface area (Å²) in [4.78, 5) is 0. The maximum Gasteiger partial charge on any atom is 0.0462 e. The molecule has 2 atom stereocenters. The first-order chi connectivity index (χ1) is 5.24. The number of hydrogen-bond acceptors (Lipinski definition) is 1. The molecule has 1 N–H and O–H groups in total. The Morgan fingerprint density at radius 3 is 3.00 bits per heavy atom. The SMILES string of the molecule is C=C1C=C[C@H]([C@@H](C)CO)CC1. The molecule has 0 saturated carbocycles. The first-order valence-corrected chi connectivity index (χ1v) is 4.21. The summed E-state index contributed by atoms with van der Waals surface area (Å²) in [6, 6.07) is 0. The van der Waals surface area contributed by atoms with Gasteiger partial charge < -0.3 is 5.11 Å². The molecule has 0 aromatic rings. The molecule has 11 heavy (non-hydrogen) atoms. The third-order valence-corrected chi connectivity index (χ3v) is 2.40. The van der Waals surface area contributed by atoms with Crippen LogP contribution in [0.15, 0.2) is 24.3 Å². The van der Waals surface area contributed by atoms with E-state index in [1.807, 2.05) is 0 Å². The van der Waals surface area contributed by atoms with E-state index in [1.54, 1.807) is 0 Å². The molecule has 0 aromatic heterocycles. The van der Waals surface area contributed by atoms with Gasteiger partial charge in [0.05, 0.1) is 0 Å². The van der Waals surface area contributed by atoms with Crippen molar-refractivity contribution in [2.45, 2.75) is 19.8 Å². The van der Waals surface area contributed by atoms with E-state index in [1.165, 1.54) is 5.57 Å². The molecule has 0 unspecified atom stereocenters. The van der Waals surface area contributed by atoms with Crippen molar-refractivity contribution in [2.24, 2.45) is 11.8 Å². The summed E-state index contributed by atoms with van der Waals surface area (Å²) in [5.41, 5.74) is 1.21. The molecule has 1 heteroatoms. The second-order valence-corrected chi connectivity index (χ2v) is 3.38. The van der Waals surface area contributed by atoms with Crippen molar-refractivity contribution in [1.82, 2.24) is 0 Å². The Morgan fingerprint density at radius 2 is 2.55 bits per heavy atom. The lowest BCUT2D eigenvalue weighted by Gasteiger charge is -2.22. The molecule has 1 aliphatic rings. The minimum atomic E-state index is 0.293. The van der Waals surface area contributed by atoms with Gasteiger partial charge in [0.1, 0.15) is 0 Å². The zero-order valence-corrected chi connectivity index (χ0v) is 7.09. The average molecular weight is 152 g/mol. The molecular formula is C10H16O. The van der Waals surface area contributed by atoms with Crippen LogP contribution in [0, 0.1) is 11.8 Å². The van der Waals surface area contributed by atoms with Crippen LogP contribution in [-0.4, -0.2) is 11.7 Å². The minimum absolute atomic E-state index is 0.293. The van der Waals surface area contributed by atoms with Gasteiger partial charge >= 0.3 is 0 Å². The summed E-state index contributed by atoms with van der Waals surface area (Å²) in [6.45, 7) is 6.26. The molecule has 0 amide bonds. The van der Waals surface area contributed by atoms with Gasteiger partial charge in [-0.15, -0.1) is 0 Å². The van der Waals surface area contributed by atoms with Crippen molar-refractivity contribution in [3.8, 4) is 0 Å². The van der Waals surface area contributed by atoms with Gasteiger partial charge in [-0.05, 0) is 24.7 Å². The van der Waals surface area contributed by atoms with Gasteiger partial charge in [0.15, 0.2) is 0 Å². The first kappa shape index (κ1) is 8.54. The van der Waals surface area contributed by atoms with Gasteiger partial charge in [-0.25, -0.2) is 0 Å². The molecule has 1 rings (SSSR count). The van der Waals surface area contributed by atoms with Crippen LogP contribution in [0.25, 0.3) is 0 Å². The van der Waals surface area contributed by atoms with Crippen LogP contribution in [0.4, 0.5) is 0 Å². The molecule has 0 aliphatic heterocycles. The molecule has 0 aromatic carbocycles. The predicted molar refractivity (Wildman–Crippen MR) is 47.3 cm³/mol. The molecule has 0 radical (unpaired) electrons. The zero-order valence-electron chi connectivity index (χ0n) is 7.09. The fourth-order valence-corrected chi connectivity index (χ4v) is 1.40. The lowest BCUT2D eigenvalue weighted by atomic mass is 9.85. The molecular weight excluding hydrogens is 136 g/mol. The number of allylic oxidation sites excluding steroid dienone is 3. The van der Waals surface area contributed by atoms with Crippen molar-refractivity contribution in [1.29, 1.82) is 0 Å². The van der Waals surface area contributed by atoms with Crippen molar-refractivity contribution >= 4 is 0 Å². The van der Waals surface area contributed by atoms with Crippen LogP contribution >= 0.6 is 0 Å². The average Bonchev–Trinajstić information content (AvgIpc) is 2.05. The predicted octanol–water partition coefficient (Wildman–Crippen LogP) is 2.14.